The van der Waals surface area contributed by atoms with E-state index in [1.54, 1.807) is 0 Å². The van der Waals surface area contributed by atoms with Crippen molar-refractivity contribution >= 4 is 0 Å². The summed E-state index contributed by atoms with van der Waals surface area (Å²) in [5, 5.41) is 3.53. The molecule has 0 unspecified atom stereocenters. The van der Waals surface area contributed by atoms with Crippen LogP contribution < -0.4 is 5.32 Å². The fraction of sp³-hybridized carbons (Fsp3) is 1.00. The Labute approximate surface area is 113 Å². The number of ether oxygens (including phenoxy) is 1. The van der Waals surface area contributed by atoms with Gasteiger partial charge in [0.15, 0.2) is 0 Å². The van der Waals surface area contributed by atoms with E-state index in [0.29, 0.717) is 0 Å². The van der Waals surface area contributed by atoms with Crippen LogP contribution in [-0.4, -0.2) is 50.8 Å². The largest absolute Gasteiger partial charge is 0.375 e. The quantitative estimate of drug-likeness (QED) is 0.608. The summed E-state index contributed by atoms with van der Waals surface area (Å²) in [7, 11) is 4.24. The summed E-state index contributed by atoms with van der Waals surface area (Å²) in [4.78, 5) is 2.22. The molecule has 0 aliphatic heterocycles. The minimum Gasteiger partial charge on any atom is -0.375 e. The lowest BCUT2D eigenvalue weighted by atomic mass is 9.77. The van der Waals surface area contributed by atoms with Crippen LogP contribution in [0.4, 0.5) is 0 Å². The van der Waals surface area contributed by atoms with Gasteiger partial charge in [0, 0.05) is 6.61 Å². The van der Waals surface area contributed by atoms with Gasteiger partial charge in [-0.25, -0.2) is 0 Å². The molecule has 0 atom stereocenters. The molecule has 1 aliphatic rings. The molecule has 3 nitrogen and oxygen atoms in total. The fourth-order valence-electron chi connectivity index (χ4n) is 2.41. The topological polar surface area (TPSA) is 24.5 Å². The fourth-order valence-corrected chi connectivity index (χ4v) is 2.41. The first-order valence-corrected chi connectivity index (χ1v) is 7.53. The van der Waals surface area contributed by atoms with E-state index >= 15 is 0 Å². The monoisotopic (exact) mass is 256 g/mol. The molecule has 0 radical (unpaired) electrons. The number of nitrogens with one attached hydrogen (secondary N) is 1. The zero-order valence-electron chi connectivity index (χ0n) is 12.8. The van der Waals surface area contributed by atoms with Crippen molar-refractivity contribution in [2.24, 2.45) is 5.92 Å². The molecule has 0 heterocycles. The average molecular weight is 256 g/mol. The minimum absolute atomic E-state index is 0.219. The Morgan fingerprint density at radius 2 is 2.00 bits per heavy atom. The highest BCUT2D eigenvalue weighted by atomic mass is 16.5. The van der Waals surface area contributed by atoms with Crippen molar-refractivity contribution in [1.82, 2.24) is 10.2 Å². The Balaban J connectivity index is 2.09. The number of rotatable bonds is 10. The molecular formula is C15H32N2O. The zero-order chi connectivity index (χ0) is 13.4. The molecule has 0 spiro atoms. The lowest BCUT2D eigenvalue weighted by Gasteiger charge is -2.42. The molecule has 1 rings (SSSR count). The molecule has 0 saturated heterocycles. The summed E-state index contributed by atoms with van der Waals surface area (Å²) < 4.78 is 6.16. The van der Waals surface area contributed by atoms with E-state index in [0.717, 1.165) is 38.6 Å². The third-order valence-electron chi connectivity index (χ3n) is 3.73. The van der Waals surface area contributed by atoms with Crippen LogP contribution in [0.3, 0.4) is 0 Å². The van der Waals surface area contributed by atoms with E-state index in [2.05, 4.69) is 38.2 Å². The minimum atomic E-state index is 0.219. The normalized spacial score (nSPS) is 18.3. The van der Waals surface area contributed by atoms with Crippen LogP contribution >= 0.6 is 0 Å². The first kappa shape index (κ1) is 15.9. The predicted octanol–water partition coefficient (Wildman–Crippen LogP) is 2.51. The summed E-state index contributed by atoms with van der Waals surface area (Å²) in [6.07, 6.45) is 6.20. The maximum atomic E-state index is 6.16. The number of nitrogens with zero attached hydrogens (tertiary/aromatic N) is 1. The Morgan fingerprint density at radius 1 is 1.28 bits per heavy atom. The van der Waals surface area contributed by atoms with Crippen molar-refractivity contribution in [2.75, 3.05) is 40.3 Å². The van der Waals surface area contributed by atoms with Crippen LogP contribution in [0.15, 0.2) is 0 Å². The highest BCUT2D eigenvalue weighted by molar-refractivity contribution is 4.90. The van der Waals surface area contributed by atoms with E-state index in [1.165, 1.54) is 25.7 Å². The highest BCUT2D eigenvalue weighted by Gasteiger charge is 2.37. The van der Waals surface area contributed by atoms with Crippen LogP contribution in [0, 0.1) is 5.92 Å². The van der Waals surface area contributed by atoms with Gasteiger partial charge in [-0.15, -0.1) is 0 Å². The average Bonchev–Trinajstić information content (AvgIpc) is 2.24. The molecular weight excluding hydrogens is 224 g/mol. The lowest BCUT2D eigenvalue weighted by Crippen LogP contribution is -2.43. The van der Waals surface area contributed by atoms with Gasteiger partial charge in [-0.2, -0.15) is 0 Å². The summed E-state index contributed by atoms with van der Waals surface area (Å²) in [5.74, 6) is 0.739. The van der Waals surface area contributed by atoms with Crippen molar-refractivity contribution in [1.29, 1.82) is 0 Å². The third-order valence-corrected chi connectivity index (χ3v) is 3.73. The van der Waals surface area contributed by atoms with Crippen molar-refractivity contribution in [2.45, 2.75) is 51.6 Å². The van der Waals surface area contributed by atoms with Crippen LogP contribution in [0.25, 0.3) is 0 Å². The first-order chi connectivity index (χ1) is 8.54. The van der Waals surface area contributed by atoms with Gasteiger partial charge in [0.2, 0.25) is 0 Å². The molecule has 0 bridgehead atoms. The van der Waals surface area contributed by atoms with Crippen molar-refractivity contribution in [3.05, 3.63) is 0 Å². The van der Waals surface area contributed by atoms with Gasteiger partial charge >= 0.3 is 0 Å². The van der Waals surface area contributed by atoms with Crippen LogP contribution in [0.1, 0.15) is 46.0 Å². The standard InChI is InChI=1S/C15H32N2O/c1-14(2)13-16-10-9-15(7-5-8-15)18-12-6-11-17(3)4/h14,16H,5-13H2,1-4H3. The maximum Gasteiger partial charge on any atom is 0.0694 e. The summed E-state index contributed by atoms with van der Waals surface area (Å²) in [6.45, 7) is 8.78. The summed E-state index contributed by atoms with van der Waals surface area (Å²) in [6, 6.07) is 0. The summed E-state index contributed by atoms with van der Waals surface area (Å²) in [5.41, 5.74) is 0.219. The molecule has 1 N–H and O–H groups in total. The second-order valence-electron chi connectivity index (χ2n) is 6.39. The molecule has 3 heteroatoms. The van der Waals surface area contributed by atoms with Gasteiger partial charge in [-0.1, -0.05) is 13.8 Å². The SMILES string of the molecule is CC(C)CNCCC1(OCCCN(C)C)CCC1. The summed E-state index contributed by atoms with van der Waals surface area (Å²) >= 11 is 0. The molecule has 18 heavy (non-hydrogen) atoms. The molecule has 0 amide bonds. The Kier molecular flexibility index (Phi) is 7.20. The molecule has 0 aromatic carbocycles. The van der Waals surface area contributed by atoms with E-state index in [-0.39, 0.29) is 5.60 Å². The molecule has 0 aromatic rings. The van der Waals surface area contributed by atoms with E-state index in [1.807, 2.05) is 0 Å². The van der Waals surface area contributed by atoms with Crippen LogP contribution in [0.5, 0.6) is 0 Å². The molecule has 1 saturated carbocycles. The second-order valence-corrected chi connectivity index (χ2v) is 6.39. The van der Waals surface area contributed by atoms with Gasteiger partial charge < -0.3 is 15.0 Å². The highest BCUT2D eigenvalue weighted by Crippen LogP contribution is 2.38. The van der Waals surface area contributed by atoms with Gasteiger partial charge in [-0.05, 0) is 71.8 Å². The van der Waals surface area contributed by atoms with E-state index in [9.17, 15) is 0 Å². The Hall–Kier alpha value is -0.120. The number of hydrogen-bond acceptors (Lipinski definition) is 3. The van der Waals surface area contributed by atoms with E-state index in [4.69, 9.17) is 4.74 Å². The van der Waals surface area contributed by atoms with Crippen LogP contribution in [-0.2, 0) is 4.74 Å². The van der Waals surface area contributed by atoms with Gasteiger partial charge in [0.05, 0.1) is 5.60 Å². The van der Waals surface area contributed by atoms with E-state index < -0.39 is 0 Å². The molecule has 1 aliphatic carbocycles. The van der Waals surface area contributed by atoms with Crippen molar-refractivity contribution < 1.29 is 4.74 Å². The Morgan fingerprint density at radius 3 is 2.50 bits per heavy atom. The second kappa shape index (κ2) is 8.13. The first-order valence-electron chi connectivity index (χ1n) is 7.53. The molecule has 1 fully saturated rings. The maximum absolute atomic E-state index is 6.16. The Bertz CT molecular complexity index is 195. The van der Waals surface area contributed by atoms with Crippen LogP contribution in [0.2, 0.25) is 0 Å². The van der Waals surface area contributed by atoms with Gasteiger partial charge in [-0.3, -0.25) is 0 Å². The predicted molar refractivity (Wildman–Crippen MR) is 78.0 cm³/mol. The zero-order valence-corrected chi connectivity index (χ0v) is 12.8. The smallest absolute Gasteiger partial charge is 0.0694 e. The van der Waals surface area contributed by atoms with Crippen molar-refractivity contribution in [3.63, 3.8) is 0 Å². The molecule has 0 aromatic heterocycles. The van der Waals surface area contributed by atoms with Gasteiger partial charge in [0.1, 0.15) is 0 Å². The number of hydrogen-bond donors (Lipinski definition) is 1. The van der Waals surface area contributed by atoms with Crippen molar-refractivity contribution in [3.8, 4) is 0 Å². The lowest BCUT2D eigenvalue weighted by molar-refractivity contribution is -0.105. The molecule has 108 valence electrons. The van der Waals surface area contributed by atoms with Gasteiger partial charge in [0.25, 0.3) is 0 Å². The third kappa shape index (κ3) is 6.17.